The third-order valence-electron chi connectivity index (χ3n) is 4.17. The molecule has 0 atom stereocenters. The van der Waals surface area contributed by atoms with Crippen molar-refractivity contribution in [1.29, 1.82) is 0 Å². The molecule has 8 nitrogen and oxygen atoms in total. The summed E-state index contributed by atoms with van der Waals surface area (Å²) in [5.41, 5.74) is 1.37. The van der Waals surface area contributed by atoms with Crippen LogP contribution in [-0.4, -0.2) is 39.4 Å². The molecule has 8 heteroatoms. The predicted molar refractivity (Wildman–Crippen MR) is 89.5 cm³/mol. The van der Waals surface area contributed by atoms with Gasteiger partial charge in [-0.2, -0.15) is 0 Å². The molecule has 0 amide bonds. The van der Waals surface area contributed by atoms with Crippen LogP contribution in [-0.2, 0) is 31.9 Å². The number of ether oxygens (including phenoxy) is 4. The Bertz CT molecular complexity index is 912. The molecule has 1 heterocycles. The van der Waals surface area contributed by atoms with Crippen LogP contribution in [0.1, 0.15) is 17.5 Å². The average Bonchev–Trinajstić information content (AvgIpc) is 3.14. The second-order valence-electron chi connectivity index (χ2n) is 5.72. The van der Waals surface area contributed by atoms with Crippen LogP contribution in [0.3, 0.4) is 0 Å². The Morgan fingerprint density at radius 2 is 1.65 bits per heavy atom. The first-order valence-electron chi connectivity index (χ1n) is 8.05. The Hall–Kier alpha value is -3.03. The highest BCUT2D eigenvalue weighted by atomic mass is 16.6. The minimum absolute atomic E-state index is 0.254. The second-order valence-corrected chi connectivity index (χ2v) is 5.72. The van der Waals surface area contributed by atoms with Crippen molar-refractivity contribution in [1.82, 2.24) is 0 Å². The van der Waals surface area contributed by atoms with Crippen LogP contribution in [0, 0.1) is 0 Å². The summed E-state index contributed by atoms with van der Waals surface area (Å²) in [7, 11) is 2.51. The Morgan fingerprint density at radius 3 is 2.35 bits per heavy atom. The number of benzene rings is 1. The molecule has 0 unspecified atom stereocenters. The van der Waals surface area contributed by atoms with E-state index in [-0.39, 0.29) is 24.5 Å². The molecule has 0 radical (unpaired) electrons. The summed E-state index contributed by atoms with van der Waals surface area (Å²) >= 11 is 0. The first-order valence-corrected chi connectivity index (χ1v) is 8.05. The monoisotopic (exact) mass is 362 g/mol. The zero-order chi connectivity index (χ0) is 18.7. The number of carbonyl (C=O) groups excluding carboxylic acids is 2. The Balaban J connectivity index is 2.06. The average molecular weight is 362 g/mol. The molecule has 1 aromatic heterocycles. The fraction of sp³-hybridized carbons (Fsp3) is 0.389. The van der Waals surface area contributed by atoms with Gasteiger partial charge < -0.3 is 23.4 Å². The quantitative estimate of drug-likeness (QED) is 0.561. The fourth-order valence-corrected chi connectivity index (χ4v) is 2.94. The molecule has 26 heavy (non-hydrogen) atoms. The lowest BCUT2D eigenvalue weighted by molar-refractivity contribution is -0.143. The number of hydrogen-bond acceptors (Lipinski definition) is 8. The van der Waals surface area contributed by atoms with Crippen LogP contribution in [0.15, 0.2) is 21.3 Å². The molecule has 1 aromatic carbocycles. The molecule has 0 saturated heterocycles. The fourth-order valence-electron chi connectivity index (χ4n) is 2.94. The molecule has 138 valence electrons. The van der Waals surface area contributed by atoms with E-state index in [4.69, 9.17) is 13.9 Å². The summed E-state index contributed by atoms with van der Waals surface area (Å²) in [4.78, 5) is 34.9. The number of aryl methyl sites for hydroxylation is 1. The zero-order valence-corrected chi connectivity index (χ0v) is 14.5. The van der Waals surface area contributed by atoms with Crippen molar-refractivity contribution < 1.29 is 33.0 Å². The highest BCUT2D eigenvalue weighted by Gasteiger charge is 2.23. The lowest BCUT2D eigenvalue weighted by Gasteiger charge is -2.13. The number of carbonyl (C=O) groups is 2. The van der Waals surface area contributed by atoms with E-state index in [0.29, 0.717) is 29.5 Å². The molecule has 0 saturated carbocycles. The first kappa shape index (κ1) is 17.8. The van der Waals surface area contributed by atoms with Gasteiger partial charge in [-0.25, -0.2) is 14.4 Å². The molecule has 1 aliphatic rings. The van der Waals surface area contributed by atoms with Gasteiger partial charge in [0.15, 0.2) is 13.2 Å². The number of fused-ring (bicyclic) bond motifs is 3. The summed E-state index contributed by atoms with van der Waals surface area (Å²) in [6.45, 7) is -0.617. The standard InChI is InChI=1S/C18H18O8/c1-22-15(19)8-24-10-6-13(25-9-16(20)23-2)17-11-4-3-5-12(11)18(21)26-14(17)7-10/h6-7H,3-5,8-9H2,1-2H3. The maximum atomic E-state index is 12.2. The second kappa shape index (κ2) is 7.47. The molecule has 3 rings (SSSR count). The number of methoxy groups -OCH3 is 2. The first-order chi connectivity index (χ1) is 12.5. The van der Waals surface area contributed by atoms with Gasteiger partial charge in [-0.05, 0) is 24.8 Å². The Morgan fingerprint density at radius 1 is 1.00 bits per heavy atom. The summed E-state index contributed by atoms with van der Waals surface area (Å²) in [5.74, 6) is -0.524. The Kier molecular flexibility index (Phi) is 5.11. The number of rotatable bonds is 6. The maximum absolute atomic E-state index is 12.2. The molecule has 0 bridgehead atoms. The lowest BCUT2D eigenvalue weighted by atomic mass is 10.1. The van der Waals surface area contributed by atoms with E-state index in [1.807, 2.05) is 0 Å². The highest BCUT2D eigenvalue weighted by Crippen LogP contribution is 2.37. The van der Waals surface area contributed by atoms with E-state index in [1.165, 1.54) is 20.3 Å². The smallest absolute Gasteiger partial charge is 0.343 e. The third kappa shape index (κ3) is 3.49. The highest BCUT2D eigenvalue weighted by molar-refractivity contribution is 5.90. The van der Waals surface area contributed by atoms with Crippen LogP contribution >= 0.6 is 0 Å². The minimum atomic E-state index is -0.558. The van der Waals surface area contributed by atoms with Gasteiger partial charge in [-0.3, -0.25) is 0 Å². The van der Waals surface area contributed by atoms with Crippen LogP contribution in [0.4, 0.5) is 0 Å². The maximum Gasteiger partial charge on any atom is 0.343 e. The van der Waals surface area contributed by atoms with Crippen molar-refractivity contribution in [2.24, 2.45) is 0 Å². The van der Waals surface area contributed by atoms with Crippen molar-refractivity contribution in [2.45, 2.75) is 19.3 Å². The van der Waals surface area contributed by atoms with E-state index >= 15 is 0 Å². The van der Waals surface area contributed by atoms with Gasteiger partial charge in [0.25, 0.3) is 0 Å². The number of esters is 2. The van der Waals surface area contributed by atoms with Crippen molar-refractivity contribution in [2.75, 3.05) is 27.4 Å². The molecule has 0 aliphatic heterocycles. The summed E-state index contributed by atoms with van der Waals surface area (Å²) in [5, 5.41) is 0.631. The Labute approximate surface area is 148 Å². The molecular formula is C18H18O8. The van der Waals surface area contributed by atoms with Crippen molar-refractivity contribution in [3.63, 3.8) is 0 Å². The van der Waals surface area contributed by atoms with E-state index in [0.717, 1.165) is 12.0 Å². The molecular weight excluding hydrogens is 344 g/mol. The molecule has 1 aliphatic carbocycles. The normalized spacial score (nSPS) is 12.5. The van der Waals surface area contributed by atoms with Gasteiger partial charge in [0, 0.05) is 17.7 Å². The summed E-state index contributed by atoms with van der Waals surface area (Å²) in [6.07, 6.45) is 2.20. The van der Waals surface area contributed by atoms with Crippen molar-refractivity contribution in [3.05, 3.63) is 33.7 Å². The summed E-state index contributed by atoms with van der Waals surface area (Å²) in [6, 6.07) is 3.07. The summed E-state index contributed by atoms with van der Waals surface area (Å²) < 4.78 is 25.5. The predicted octanol–water partition coefficient (Wildman–Crippen LogP) is 1.39. The van der Waals surface area contributed by atoms with Gasteiger partial charge in [0.05, 0.1) is 19.6 Å². The van der Waals surface area contributed by atoms with Crippen molar-refractivity contribution in [3.8, 4) is 11.5 Å². The van der Waals surface area contributed by atoms with E-state index in [1.54, 1.807) is 6.07 Å². The van der Waals surface area contributed by atoms with Gasteiger partial charge >= 0.3 is 17.6 Å². The SMILES string of the molecule is COC(=O)COc1cc(OCC(=O)OC)c2c3c(c(=O)oc2c1)CCC3. The van der Waals surface area contributed by atoms with E-state index < -0.39 is 17.6 Å². The van der Waals surface area contributed by atoms with Gasteiger partial charge in [0.1, 0.15) is 17.1 Å². The molecule has 0 N–H and O–H groups in total. The van der Waals surface area contributed by atoms with Crippen molar-refractivity contribution >= 4 is 22.9 Å². The largest absolute Gasteiger partial charge is 0.482 e. The van der Waals surface area contributed by atoms with E-state index in [9.17, 15) is 14.4 Å². The van der Waals surface area contributed by atoms with Crippen LogP contribution < -0.4 is 15.1 Å². The van der Waals surface area contributed by atoms with Crippen LogP contribution in [0.2, 0.25) is 0 Å². The zero-order valence-electron chi connectivity index (χ0n) is 14.5. The lowest BCUT2D eigenvalue weighted by Crippen LogP contribution is -2.15. The molecule has 0 spiro atoms. The molecule has 2 aromatic rings. The topological polar surface area (TPSA) is 101 Å². The van der Waals surface area contributed by atoms with Gasteiger partial charge in [-0.1, -0.05) is 0 Å². The van der Waals surface area contributed by atoms with Crippen LogP contribution in [0.25, 0.3) is 11.0 Å². The molecule has 0 fully saturated rings. The number of hydrogen-bond donors (Lipinski definition) is 0. The van der Waals surface area contributed by atoms with Gasteiger partial charge in [0.2, 0.25) is 0 Å². The van der Waals surface area contributed by atoms with Gasteiger partial charge in [-0.15, -0.1) is 0 Å². The van der Waals surface area contributed by atoms with Crippen LogP contribution in [0.5, 0.6) is 11.5 Å². The minimum Gasteiger partial charge on any atom is -0.482 e. The third-order valence-corrected chi connectivity index (χ3v) is 4.17. The van der Waals surface area contributed by atoms with E-state index in [2.05, 4.69) is 9.47 Å².